The minimum absolute atomic E-state index is 0.0419. The van der Waals surface area contributed by atoms with Crippen LogP contribution >= 0.6 is 0 Å². The number of pyridine rings is 1. The van der Waals surface area contributed by atoms with Crippen LogP contribution in [0.3, 0.4) is 0 Å². The van der Waals surface area contributed by atoms with E-state index in [1.165, 1.54) is 4.31 Å². The molecule has 0 radical (unpaired) electrons. The van der Waals surface area contributed by atoms with Crippen LogP contribution in [0.2, 0.25) is 0 Å². The van der Waals surface area contributed by atoms with Crippen molar-refractivity contribution in [1.29, 1.82) is 0 Å². The van der Waals surface area contributed by atoms with E-state index in [1.54, 1.807) is 43.8 Å². The fourth-order valence-electron chi connectivity index (χ4n) is 3.25. The number of ether oxygens (including phenoxy) is 1. The fourth-order valence-corrected chi connectivity index (χ4v) is 4.72. The Morgan fingerprint density at radius 2 is 1.89 bits per heavy atom. The number of hydrogen-bond donors (Lipinski definition) is 0. The number of aromatic nitrogens is 3. The van der Waals surface area contributed by atoms with Gasteiger partial charge in [-0.05, 0) is 49.2 Å². The molecular weight excluding hydrogens is 380 g/mol. The first kappa shape index (κ1) is 18.6. The number of sulfonamides is 1. The van der Waals surface area contributed by atoms with Gasteiger partial charge >= 0.3 is 0 Å². The van der Waals surface area contributed by atoms with Crippen LogP contribution in [0.15, 0.2) is 58.2 Å². The van der Waals surface area contributed by atoms with E-state index in [2.05, 4.69) is 15.1 Å². The van der Waals surface area contributed by atoms with Crippen molar-refractivity contribution < 1.29 is 17.7 Å². The molecule has 3 heterocycles. The summed E-state index contributed by atoms with van der Waals surface area (Å²) in [5.41, 5.74) is 0.789. The fraction of sp³-hybridized carbons (Fsp3) is 0.316. The lowest BCUT2D eigenvalue weighted by atomic mass is 9.98. The van der Waals surface area contributed by atoms with Crippen molar-refractivity contribution in [3.63, 3.8) is 0 Å². The Hall–Kier alpha value is -2.78. The molecule has 1 fully saturated rings. The average Bonchev–Trinajstić information content (AvgIpc) is 3.25. The molecule has 0 amide bonds. The van der Waals surface area contributed by atoms with Gasteiger partial charge in [0.2, 0.25) is 21.7 Å². The van der Waals surface area contributed by atoms with Crippen LogP contribution in [-0.2, 0) is 10.0 Å². The zero-order valence-corrected chi connectivity index (χ0v) is 16.2. The summed E-state index contributed by atoms with van der Waals surface area (Å²) in [6.07, 6.45) is 4.62. The summed E-state index contributed by atoms with van der Waals surface area (Å²) in [7, 11) is -1.98. The van der Waals surface area contributed by atoms with E-state index in [0.717, 1.165) is 5.56 Å². The Bertz CT molecular complexity index is 1030. The minimum atomic E-state index is -3.53. The number of nitrogens with zero attached hydrogens (tertiary/aromatic N) is 4. The number of hydrogen-bond acceptors (Lipinski definition) is 7. The Morgan fingerprint density at radius 3 is 2.54 bits per heavy atom. The SMILES string of the molecule is COc1ccc(S(=O)(=O)N2CCC(c3nc(-c4cccnc4)no3)CC2)cc1. The maximum absolute atomic E-state index is 12.8. The highest BCUT2D eigenvalue weighted by Crippen LogP contribution is 2.31. The number of methoxy groups -OCH3 is 1. The molecule has 0 bridgehead atoms. The largest absolute Gasteiger partial charge is 0.497 e. The molecule has 146 valence electrons. The van der Waals surface area contributed by atoms with Gasteiger partial charge < -0.3 is 9.26 Å². The molecule has 2 aromatic heterocycles. The van der Waals surface area contributed by atoms with Crippen LogP contribution in [0.1, 0.15) is 24.7 Å². The number of benzene rings is 1. The summed E-state index contributed by atoms with van der Waals surface area (Å²) in [6, 6.07) is 10.1. The first-order valence-corrected chi connectivity index (χ1v) is 10.4. The number of rotatable bonds is 5. The Balaban J connectivity index is 1.44. The van der Waals surface area contributed by atoms with Crippen LogP contribution in [0.5, 0.6) is 5.75 Å². The maximum atomic E-state index is 12.8. The van der Waals surface area contributed by atoms with Crippen molar-refractivity contribution in [3.8, 4) is 17.1 Å². The predicted octanol–water partition coefficient (Wildman–Crippen LogP) is 2.71. The monoisotopic (exact) mass is 400 g/mol. The molecule has 0 spiro atoms. The molecule has 0 saturated carbocycles. The summed E-state index contributed by atoms with van der Waals surface area (Å²) in [4.78, 5) is 8.79. The lowest BCUT2D eigenvalue weighted by molar-refractivity contribution is 0.271. The molecule has 4 rings (SSSR count). The summed E-state index contributed by atoms with van der Waals surface area (Å²) < 4.78 is 37.7. The minimum Gasteiger partial charge on any atom is -0.497 e. The lowest BCUT2D eigenvalue weighted by Crippen LogP contribution is -2.37. The normalized spacial score (nSPS) is 16.2. The van der Waals surface area contributed by atoms with Crippen molar-refractivity contribution >= 4 is 10.0 Å². The molecule has 0 unspecified atom stereocenters. The van der Waals surface area contributed by atoms with Crippen LogP contribution in [-0.4, -0.2) is 48.0 Å². The first-order chi connectivity index (χ1) is 13.6. The Kier molecular flexibility index (Phi) is 5.10. The van der Waals surface area contributed by atoms with Gasteiger partial charge in [0.1, 0.15) is 5.75 Å². The third-order valence-corrected chi connectivity index (χ3v) is 6.77. The quantitative estimate of drug-likeness (QED) is 0.649. The van der Waals surface area contributed by atoms with Gasteiger partial charge in [0.25, 0.3) is 0 Å². The van der Waals surface area contributed by atoms with E-state index in [0.29, 0.717) is 43.4 Å². The Labute approximate surface area is 163 Å². The van der Waals surface area contributed by atoms with Gasteiger partial charge in [-0.25, -0.2) is 8.42 Å². The van der Waals surface area contributed by atoms with E-state index < -0.39 is 10.0 Å². The van der Waals surface area contributed by atoms with Crippen LogP contribution < -0.4 is 4.74 Å². The van der Waals surface area contributed by atoms with Crippen molar-refractivity contribution in [1.82, 2.24) is 19.4 Å². The van der Waals surface area contributed by atoms with Gasteiger partial charge in [0.15, 0.2) is 0 Å². The zero-order valence-electron chi connectivity index (χ0n) is 15.4. The molecule has 1 aliphatic rings. The molecule has 1 aliphatic heterocycles. The molecule has 28 heavy (non-hydrogen) atoms. The molecule has 8 nitrogen and oxygen atoms in total. The molecule has 0 aliphatic carbocycles. The van der Waals surface area contributed by atoms with Gasteiger partial charge in [-0.2, -0.15) is 9.29 Å². The van der Waals surface area contributed by atoms with E-state index in [9.17, 15) is 8.42 Å². The van der Waals surface area contributed by atoms with E-state index >= 15 is 0 Å². The van der Waals surface area contributed by atoms with Gasteiger partial charge in [0.05, 0.1) is 12.0 Å². The van der Waals surface area contributed by atoms with Crippen LogP contribution in [0, 0.1) is 0 Å². The summed E-state index contributed by atoms with van der Waals surface area (Å²) >= 11 is 0. The zero-order chi connectivity index (χ0) is 19.6. The van der Waals surface area contributed by atoms with Crippen LogP contribution in [0.25, 0.3) is 11.4 Å². The predicted molar refractivity (Wildman–Crippen MR) is 101 cm³/mol. The second-order valence-corrected chi connectivity index (χ2v) is 8.49. The van der Waals surface area contributed by atoms with Gasteiger partial charge in [-0.1, -0.05) is 5.16 Å². The molecule has 1 aromatic carbocycles. The third kappa shape index (κ3) is 3.63. The summed E-state index contributed by atoms with van der Waals surface area (Å²) in [5, 5.41) is 4.02. The smallest absolute Gasteiger partial charge is 0.243 e. The van der Waals surface area contributed by atoms with Gasteiger partial charge in [-0.15, -0.1) is 0 Å². The lowest BCUT2D eigenvalue weighted by Gasteiger charge is -2.29. The first-order valence-electron chi connectivity index (χ1n) is 8.96. The maximum Gasteiger partial charge on any atom is 0.243 e. The molecule has 0 atom stereocenters. The van der Waals surface area contributed by atoms with E-state index in [-0.39, 0.29) is 10.8 Å². The van der Waals surface area contributed by atoms with Crippen molar-refractivity contribution in [3.05, 3.63) is 54.7 Å². The van der Waals surface area contributed by atoms with Gasteiger partial charge in [0, 0.05) is 37.0 Å². The standard InChI is InChI=1S/C19H20N4O4S/c1-26-16-4-6-17(7-5-16)28(24,25)23-11-8-14(9-12-23)19-21-18(22-27-19)15-3-2-10-20-13-15/h2-7,10,13-14H,8-9,11-12H2,1H3. The second kappa shape index (κ2) is 7.69. The second-order valence-electron chi connectivity index (χ2n) is 6.55. The number of piperidine rings is 1. The third-order valence-electron chi connectivity index (χ3n) is 4.86. The molecular formula is C19H20N4O4S. The molecule has 1 saturated heterocycles. The average molecular weight is 400 g/mol. The molecule has 0 N–H and O–H groups in total. The Morgan fingerprint density at radius 1 is 1.14 bits per heavy atom. The summed E-state index contributed by atoms with van der Waals surface area (Å²) in [6.45, 7) is 0.813. The topological polar surface area (TPSA) is 98.4 Å². The highest BCUT2D eigenvalue weighted by molar-refractivity contribution is 7.89. The van der Waals surface area contributed by atoms with Gasteiger partial charge in [-0.3, -0.25) is 4.98 Å². The van der Waals surface area contributed by atoms with E-state index in [1.807, 2.05) is 12.1 Å². The highest BCUT2D eigenvalue weighted by Gasteiger charge is 2.32. The summed E-state index contributed by atoms with van der Waals surface area (Å²) in [5.74, 6) is 1.70. The highest BCUT2D eigenvalue weighted by atomic mass is 32.2. The van der Waals surface area contributed by atoms with Crippen molar-refractivity contribution in [2.75, 3.05) is 20.2 Å². The van der Waals surface area contributed by atoms with E-state index in [4.69, 9.17) is 9.26 Å². The van der Waals surface area contributed by atoms with Crippen molar-refractivity contribution in [2.24, 2.45) is 0 Å². The molecule has 9 heteroatoms. The van der Waals surface area contributed by atoms with Crippen LogP contribution in [0.4, 0.5) is 0 Å². The molecule has 3 aromatic rings. The van der Waals surface area contributed by atoms with Crippen molar-refractivity contribution in [2.45, 2.75) is 23.7 Å².